The molecule has 1 aliphatic heterocycles. The molecule has 1 unspecified atom stereocenters. The molecule has 0 spiro atoms. The monoisotopic (exact) mass is 292 g/mol. The van der Waals surface area contributed by atoms with Gasteiger partial charge >= 0.3 is 5.69 Å². The molecule has 1 saturated heterocycles. The number of hydrogen-bond donors (Lipinski definition) is 2. The van der Waals surface area contributed by atoms with Crippen LogP contribution in [-0.4, -0.2) is 41.9 Å². The molecule has 1 fully saturated rings. The number of amides is 1. The van der Waals surface area contributed by atoms with Crippen molar-refractivity contribution in [1.29, 1.82) is 0 Å². The van der Waals surface area contributed by atoms with Crippen LogP contribution in [0.1, 0.15) is 19.8 Å². The van der Waals surface area contributed by atoms with Crippen molar-refractivity contribution in [2.45, 2.75) is 25.8 Å². The van der Waals surface area contributed by atoms with E-state index in [9.17, 15) is 14.9 Å². The van der Waals surface area contributed by atoms with Crippen LogP contribution in [0.3, 0.4) is 0 Å². The van der Waals surface area contributed by atoms with E-state index in [0.717, 1.165) is 25.9 Å². The van der Waals surface area contributed by atoms with Crippen molar-refractivity contribution in [3.63, 3.8) is 0 Å². The standard InChI is InChI=1S/C14H20N4O3/c1-10(14(19)17-8-3-4-9-17)16-12-7-5-6-11(15-2)13(12)18(20)21/h5-7,10,15-16H,3-4,8-9H2,1-2H3. The van der Waals surface area contributed by atoms with Crippen molar-refractivity contribution >= 4 is 23.0 Å². The lowest BCUT2D eigenvalue weighted by Gasteiger charge is -2.22. The van der Waals surface area contributed by atoms with E-state index in [2.05, 4.69) is 10.6 Å². The molecule has 1 aromatic rings. The molecular weight excluding hydrogens is 272 g/mol. The van der Waals surface area contributed by atoms with Gasteiger partial charge in [-0.2, -0.15) is 0 Å². The molecule has 0 saturated carbocycles. The zero-order valence-electron chi connectivity index (χ0n) is 12.3. The van der Waals surface area contributed by atoms with E-state index in [0.29, 0.717) is 11.4 Å². The van der Waals surface area contributed by atoms with E-state index in [-0.39, 0.29) is 11.6 Å². The number of carbonyl (C=O) groups is 1. The van der Waals surface area contributed by atoms with Gasteiger partial charge < -0.3 is 15.5 Å². The number of nitrogens with zero attached hydrogens (tertiary/aromatic N) is 2. The normalized spacial score (nSPS) is 15.6. The van der Waals surface area contributed by atoms with E-state index in [4.69, 9.17) is 0 Å². The molecule has 114 valence electrons. The molecule has 1 aliphatic rings. The summed E-state index contributed by atoms with van der Waals surface area (Å²) in [6.45, 7) is 3.27. The molecule has 0 bridgehead atoms. The molecule has 1 heterocycles. The number of nitrogens with one attached hydrogen (secondary N) is 2. The largest absolute Gasteiger partial charge is 0.382 e. The summed E-state index contributed by atoms with van der Waals surface area (Å²) in [7, 11) is 1.63. The molecule has 2 rings (SSSR count). The Bertz CT molecular complexity index is 541. The van der Waals surface area contributed by atoms with Crippen LogP contribution >= 0.6 is 0 Å². The van der Waals surface area contributed by atoms with Gasteiger partial charge in [0, 0.05) is 20.1 Å². The third-order valence-electron chi connectivity index (χ3n) is 3.65. The number of anilines is 2. The predicted octanol–water partition coefficient (Wildman–Crippen LogP) is 2.06. The van der Waals surface area contributed by atoms with Crippen LogP contribution in [0.15, 0.2) is 18.2 Å². The van der Waals surface area contributed by atoms with Gasteiger partial charge in [-0.1, -0.05) is 6.07 Å². The molecule has 0 radical (unpaired) electrons. The minimum absolute atomic E-state index is 0.0170. The number of nitro benzene ring substituents is 1. The van der Waals surface area contributed by atoms with Gasteiger partial charge in [-0.25, -0.2) is 0 Å². The quantitative estimate of drug-likeness (QED) is 0.640. The van der Waals surface area contributed by atoms with Crippen LogP contribution < -0.4 is 10.6 Å². The summed E-state index contributed by atoms with van der Waals surface area (Å²) in [6.07, 6.45) is 2.04. The van der Waals surface area contributed by atoms with Crippen molar-refractivity contribution in [2.75, 3.05) is 30.8 Å². The topological polar surface area (TPSA) is 87.5 Å². The maximum Gasteiger partial charge on any atom is 0.315 e. The number of nitro groups is 1. The second-order valence-electron chi connectivity index (χ2n) is 5.11. The van der Waals surface area contributed by atoms with Gasteiger partial charge in [0.2, 0.25) is 5.91 Å². The van der Waals surface area contributed by atoms with Crippen molar-refractivity contribution in [3.05, 3.63) is 28.3 Å². The van der Waals surface area contributed by atoms with Crippen LogP contribution in [0.5, 0.6) is 0 Å². The highest BCUT2D eigenvalue weighted by Crippen LogP contribution is 2.33. The molecule has 7 heteroatoms. The second kappa shape index (κ2) is 6.43. The van der Waals surface area contributed by atoms with Crippen molar-refractivity contribution in [3.8, 4) is 0 Å². The van der Waals surface area contributed by atoms with Crippen LogP contribution in [0.2, 0.25) is 0 Å². The lowest BCUT2D eigenvalue weighted by atomic mass is 10.2. The van der Waals surface area contributed by atoms with E-state index in [1.807, 2.05) is 0 Å². The Hall–Kier alpha value is -2.31. The molecule has 0 aliphatic carbocycles. The molecular formula is C14H20N4O3. The molecule has 1 aromatic carbocycles. The van der Waals surface area contributed by atoms with Gasteiger partial charge in [0.25, 0.3) is 0 Å². The van der Waals surface area contributed by atoms with E-state index in [1.165, 1.54) is 0 Å². The summed E-state index contributed by atoms with van der Waals surface area (Å²) in [5.41, 5.74) is 0.735. The SMILES string of the molecule is CNc1cccc(NC(C)C(=O)N2CCCC2)c1[N+](=O)[O-]. The van der Waals surface area contributed by atoms with Crippen molar-refractivity contribution in [2.24, 2.45) is 0 Å². The Morgan fingerprint density at radius 1 is 1.33 bits per heavy atom. The summed E-state index contributed by atoms with van der Waals surface area (Å²) in [4.78, 5) is 24.9. The molecule has 1 amide bonds. The minimum atomic E-state index is -0.492. The summed E-state index contributed by atoms with van der Waals surface area (Å²) >= 11 is 0. The number of hydrogen-bond acceptors (Lipinski definition) is 5. The van der Waals surface area contributed by atoms with Gasteiger partial charge in [0.1, 0.15) is 17.4 Å². The van der Waals surface area contributed by atoms with E-state index < -0.39 is 11.0 Å². The Balaban J connectivity index is 2.18. The number of para-hydroxylation sites is 1. The van der Waals surface area contributed by atoms with Gasteiger partial charge in [-0.15, -0.1) is 0 Å². The lowest BCUT2D eigenvalue weighted by Crippen LogP contribution is -2.39. The molecule has 7 nitrogen and oxygen atoms in total. The van der Waals surface area contributed by atoms with Gasteiger partial charge in [-0.3, -0.25) is 14.9 Å². The van der Waals surface area contributed by atoms with Crippen LogP contribution in [0.4, 0.5) is 17.1 Å². The minimum Gasteiger partial charge on any atom is -0.382 e. The van der Waals surface area contributed by atoms with E-state index in [1.54, 1.807) is 37.1 Å². The Kier molecular flexibility index (Phi) is 4.62. The molecule has 2 N–H and O–H groups in total. The highest BCUT2D eigenvalue weighted by Gasteiger charge is 2.26. The third-order valence-corrected chi connectivity index (χ3v) is 3.65. The average Bonchev–Trinajstić information content (AvgIpc) is 2.99. The highest BCUT2D eigenvalue weighted by molar-refractivity contribution is 5.86. The first-order valence-electron chi connectivity index (χ1n) is 7.05. The first-order valence-corrected chi connectivity index (χ1v) is 7.05. The maximum atomic E-state index is 12.3. The second-order valence-corrected chi connectivity index (χ2v) is 5.11. The van der Waals surface area contributed by atoms with Crippen molar-refractivity contribution in [1.82, 2.24) is 4.90 Å². The number of likely N-dealkylation sites (tertiary alicyclic amines) is 1. The van der Waals surface area contributed by atoms with Crippen molar-refractivity contribution < 1.29 is 9.72 Å². The fourth-order valence-electron chi connectivity index (χ4n) is 2.56. The van der Waals surface area contributed by atoms with Gasteiger partial charge in [-0.05, 0) is 31.9 Å². The summed E-state index contributed by atoms with van der Waals surface area (Å²) < 4.78 is 0. The fraction of sp³-hybridized carbons (Fsp3) is 0.500. The summed E-state index contributed by atoms with van der Waals surface area (Å²) in [6, 6.07) is 4.48. The summed E-state index contributed by atoms with van der Waals surface area (Å²) in [5.74, 6) is -0.0170. The van der Waals surface area contributed by atoms with Gasteiger partial charge in [0.15, 0.2) is 0 Å². The van der Waals surface area contributed by atoms with Crippen LogP contribution in [0.25, 0.3) is 0 Å². The Labute approximate surface area is 123 Å². The summed E-state index contributed by atoms with van der Waals surface area (Å²) in [5, 5.41) is 17.0. The molecule has 1 atom stereocenters. The number of rotatable bonds is 5. The zero-order valence-corrected chi connectivity index (χ0v) is 12.3. The lowest BCUT2D eigenvalue weighted by molar-refractivity contribution is -0.383. The third kappa shape index (κ3) is 3.24. The molecule has 21 heavy (non-hydrogen) atoms. The number of benzene rings is 1. The molecule has 0 aromatic heterocycles. The van der Waals surface area contributed by atoms with E-state index >= 15 is 0 Å². The Morgan fingerprint density at radius 3 is 2.52 bits per heavy atom. The highest BCUT2D eigenvalue weighted by atomic mass is 16.6. The Morgan fingerprint density at radius 2 is 1.95 bits per heavy atom. The zero-order chi connectivity index (χ0) is 15.4. The fourth-order valence-corrected chi connectivity index (χ4v) is 2.56. The maximum absolute atomic E-state index is 12.3. The first-order chi connectivity index (χ1) is 10.0. The predicted molar refractivity (Wildman–Crippen MR) is 81.5 cm³/mol. The van der Waals surface area contributed by atoms with Crippen LogP contribution in [-0.2, 0) is 4.79 Å². The number of carbonyl (C=O) groups excluding carboxylic acids is 1. The van der Waals surface area contributed by atoms with Crippen LogP contribution in [0, 0.1) is 10.1 Å². The average molecular weight is 292 g/mol. The smallest absolute Gasteiger partial charge is 0.315 e. The van der Waals surface area contributed by atoms with Gasteiger partial charge in [0.05, 0.1) is 4.92 Å². The first kappa shape index (κ1) is 15.1.